The number of carbonyl (C=O) groups is 1. The third kappa shape index (κ3) is 5.25. The molecule has 172 valence electrons. The number of carbonyl (C=O) groups excluding carboxylic acids is 1. The average Bonchev–Trinajstić information content (AvgIpc) is 3.34. The van der Waals surface area contributed by atoms with Crippen molar-refractivity contribution in [2.24, 2.45) is 0 Å². The molecule has 1 fully saturated rings. The number of sulfonamides is 1. The van der Waals surface area contributed by atoms with Crippen molar-refractivity contribution in [3.05, 3.63) is 75.9 Å². The summed E-state index contributed by atoms with van der Waals surface area (Å²) in [5.74, 6) is 0.127. The van der Waals surface area contributed by atoms with Gasteiger partial charge in [-0.2, -0.15) is 0 Å². The molecule has 0 radical (unpaired) electrons. The number of halogens is 1. The van der Waals surface area contributed by atoms with Gasteiger partial charge in [0.1, 0.15) is 10.6 Å². The lowest BCUT2D eigenvalue weighted by Crippen LogP contribution is -2.23. The second kappa shape index (κ2) is 10.0. The van der Waals surface area contributed by atoms with Crippen molar-refractivity contribution in [3.8, 4) is 5.75 Å². The molecule has 33 heavy (non-hydrogen) atoms. The molecule has 0 aliphatic carbocycles. The van der Waals surface area contributed by atoms with Gasteiger partial charge in [-0.3, -0.25) is 9.52 Å². The molecule has 0 atom stereocenters. The van der Waals surface area contributed by atoms with Crippen molar-refractivity contribution < 1.29 is 17.9 Å². The minimum Gasteiger partial charge on any atom is -0.495 e. The van der Waals surface area contributed by atoms with Crippen molar-refractivity contribution >= 4 is 55.6 Å². The number of ether oxygens (including phenoxy) is 1. The van der Waals surface area contributed by atoms with E-state index in [1.807, 2.05) is 12.1 Å². The highest BCUT2D eigenvalue weighted by molar-refractivity contribution is 14.1. The van der Waals surface area contributed by atoms with Gasteiger partial charge >= 0.3 is 0 Å². The third-order valence-corrected chi connectivity index (χ3v) is 7.76. The second-order valence-corrected chi connectivity index (χ2v) is 10.4. The second-order valence-electron chi connectivity index (χ2n) is 7.62. The largest absolute Gasteiger partial charge is 0.495 e. The van der Waals surface area contributed by atoms with E-state index in [1.54, 1.807) is 48.5 Å². The lowest BCUT2D eigenvalue weighted by Gasteiger charge is -2.23. The first-order valence-electron chi connectivity index (χ1n) is 10.5. The molecule has 1 amide bonds. The highest BCUT2D eigenvalue weighted by atomic mass is 127. The van der Waals surface area contributed by atoms with Gasteiger partial charge in [0.2, 0.25) is 0 Å². The molecule has 0 aromatic heterocycles. The molecule has 1 saturated heterocycles. The maximum atomic E-state index is 13.5. The van der Waals surface area contributed by atoms with Crippen LogP contribution in [0.5, 0.6) is 5.75 Å². The number of hydrogen-bond acceptors (Lipinski definition) is 5. The van der Waals surface area contributed by atoms with Crippen LogP contribution < -0.4 is 19.7 Å². The smallest absolute Gasteiger partial charge is 0.264 e. The molecule has 9 heteroatoms. The van der Waals surface area contributed by atoms with E-state index in [4.69, 9.17) is 4.74 Å². The molecule has 3 aromatic rings. The number of para-hydroxylation sites is 2. The van der Waals surface area contributed by atoms with Crippen molar-refractivity contribution in [1.29, 1.82) is 0 Å². The van der Waals surface area contributed by atoms with Gasteiger partial charge in [-0.1, -0.05) is 24.3 Å². The van der Waals surface area contributed by atoms with Crippen LogP contribution in [0.4, 0.5) is 17.1 Å². The summed E-state index contributed by atoms with van der Waals surface area (Å²) in [6.45, 7) is 1.57. The summed E-state index contributed by atoms with van der Waals surface area (Å²) in [5.41, 5.74) is 1.89. The van der Waals surface area contributed by atoms with Crippen LogP contribution in [-0.2, 0) is 10.0 Å². The van der Waals surface area contributed by atoms with E-state index in [0.29, 0.717) is 28.4 Å². The zero-order valence-electron chi connectivity index (χ0n) is 18.0. The van der Waals surface area contributed by atoms with Gasteiger partial charge in [0, 0.05) is 22.3 Å². The Kier molecular flexibility index (Phi) is 7.08. The Bertz CT molecular complexity index is 1270. The fourth-order valence-corrected chi connectivity index (χ4v) is 5.75. The summed E-state index contributed by atoms with van der Waals surface area (Å²) in [6.07, 6.45) is 2.01. The predicted molar refractivity (Wildman–Crippen MR) is 139 cm³/mol. The lowest BCUT2D eigenvalue weighted by atomic mass is 10.2. The topological polar surface area (TPSA) is 87.7 Å². The molecule has 1 aliphatic rings. The number of nitrogens with one attached hydrogen (secondary N) is 2. The highest BCUT2D eigenvalue weighted by Crippen LogP contribution is 2.34. The fourth-order valence-electron chi connectivity index (χ4n) is 3.80. The van der Waals surface area contributed by atoms with Gasteiger partial charge in [0.25, 0.3) is 15.9 Å². The molecule has 0 bridgehead atoms. The average molecular weight is 577 g/mol. The molecule has 1 aliphatic heterocycles. The Labute approximate surface area is 207 Å². The van der Waals surface area contributed by atoms with Crippen LogP contribution >= 0.6 is 22.6 Å². The van der Waals surface area contributed by atoms with E-state index in [-0.39, 0.29) is 10.8 Å². The van der Waals surface area contributed by atoms with Gasteiger partial charge in [-0.25, -0.2) is 8.42 Å². The molecule has 0 spiro atoms. The van der Waals surface area contributed by atoms with Crippen LogP contribution in [0.25, 0.3) is 0 Å². The third-order valence-electron chi connectivity index (χ3n) is 5.42. The van der Waals surface area contributed by atoms with Crippen molar-refractivity contribution in [2.75, 3.05) is 35.1 Å². The Balaban J connectivity index is 1.71. The molecule has 3 aromatic carbocycles. The quantitative estimate of drug-likeness (QED) is 0.388. The Hall–Kier alpha value is -2.79. The summed E-state index contributed by atoms with van der Waals surface area (Å²) in [4.78, 5) is 15.0. The Morgan fingerprint density at radius 2 is 1.70 bits per heavy atom. The summed E-state index contributed by atoms with van der Waals surface area (Å²) >= 11 is 2.10. The first-order chi connectivity index (χ1) is 15.9. The Morgan fingerprint density at radius 3 is 2.42 bits per heavy atom. The lowest BCUT2D eigenvalue weighted by molar-refractivity contribution is 0.102. The highest BCUT2D eigenvalue weighted by Gasteiger charge is 2.26. The summed E-state index contributed by atoms with van der Waals surface area (Å²) in [5, 5.41) is 2.84. The molecule has 0 saturated carbocycles. The van der Waals surface area contributed by atoms with Crippen LogP contribution in [0.3, 0.4) is 0 Å². The summed E-state index contributed by atoms with van der Waals surface area (Å²) in [7, 11) is -2.48. The maximum absolute atomic E-state index is 13.5. The monoisotopic (exact) mass is 577 g/mol. The predicted octanol–water partition coefficient (Wildman–Crippen LogP) is 4.95. The molecule has 7 nitrogen and oxygen atoms in total. The normalized spacial score (nSPS) is 13.6. The Morgan fingerprint density at radius 1 is 1.00 bits per heavy atom. The van der Waals surface area contributed by atoms with Crippen LogP contribution in [0, 0.1) is 3.57 Å². The molecular formula is C24H24IN3O4S. The van der Waals surface area contributed by atoms with Crippen molar-refractivity contribution in [1.82, 2.24) is 0 Å². The van der Waals surface area contributed by atoms with E-state index in [2.05, 4.69) is 37.5 Å². The van der Waals surface area contributed by atoms with Gasteiger partial charge in [-0.15, -0.1) is 0 Å². The van der Waals surface area contributed by atoms with Gasteiger partial charge in [0.05, 0.1) is 24.0 Å². The summed E-state index contributed by atoms with van der Waals surface area (Å²) in [6, 6.07) is 19.1. The number of benzene rings is 3. The zero-order valence-corrected chi connectivity index (χ0v) is 21.0. The standard InChI is InChI=1S/C24H24IN3O4S/c1-32-22-11-5-4-10-20(22)27-33(30,31)23-16-17(12-13-21(23)28-14-6-7-15-28)26-24(29)18-8-2-3-9-19(18)25/h2-5,8-13,16,27H,6-7,14-15H2,1H3,(H,26,29). The SMILES string of the molecule is COc1ccccc1NS(=O)(=O)c1cc(NC(=O)c2ccccc2I)ccc1N1CCCC1. The number of hydrogen-bond donors (Lipinski definition) is 2. The van der Waals surface area contributed by atoms with E-state index in [0.717, 1.165) is 29.5 Å². The molecular weight excluding hydrogens is 553 g/mol. The molecule has 1 heterocycles. The minimum atomic E-state index is -3.97. The van der Waals surface area contributed by atoms with Gasteiger partial charge in [-0.05, 0) is 77.9 Å². The van der Waals surface area contributed by atoms with Crippen molar-refractivity contribution in [2.45, 2.75) is 17.7 Å². The van der Waals surface area contributed by atoms with E-state index < -0.39 is 10.0 Å². The first-order valence-corrected chi connectivity index (χ1v) is 13.1. The number of methoxy groups -OCH3 is 1. The van der Waals surface area contributed by atoms with Crippen LogP contribution in [0.1, 0.15) is 23.2 Å². The van der Waals surface area contributed by atoms with E-state index in [1.165, 1.54) is 13.2 Å². The fraction of sp³-hybridized carbons (Fsp3) is 0.208. The summed E-state index contributed by atoms with van der Waals surface area (Å²) < 4.78 is 35.8. The van der Waals surface area contributed by atoms with Crippen LogP contribution in [0.2, 0.25) is 0 Å². The number of anilines is 3. The van der Waals surface area contributed by atoms with Gasteiger partial charge in [0.15, 0.2) is 0 Å². The van der Waals surface area contributed by atoms with Gasteiger partial charge < -0.3 is 15.0 Å². The maximum Gasteiger partial charge on any atom is 0.264 e. The molecule has 4 rings (SSSR count). The number of rotatable bonds is 7. The number of nitrogens with zero attached hydrogens (tertiary/aromatic N) is 1. The van der Waals surface area contributed by atoms with E-state index in [9.17, 15) is 13.2 Å². The van der Waals surface area contributed by atoms with Crippen LogP contribution in [-0.4, -0.2) is 34.5 Å². The van der Waals surface area contributed by atoms with Crippen molar-refractivity contribution in [3.63, 3.8) is 0 Å². The minimum absolute atomic E-state index is 0.107. The van der Waals surface area contributed by atoms with Crippen LogP contribution in [0.15, 0.2) is 71.6 Å². The first kappa shape index (κ1) is 23.4. The molecule has 2 N–H and O–H groups in total. The zero-order chi connectivity index (χ0) is 23.4. The molecule has 0 unspecified atom stereocenters. The van der Waals surface area contributed by atoms with E-state index >= 15 is 0 Å². The number of amides is 1.